The zero-order valence-electron chi connectivity index (χ0n) is 11.2. The van der Waals surface area contributed by atoms with Gasteiger partial charge in [0.2, 0.25) is 0 Å². The summed E-state index contributed by atoms with van der Waals surface area (Å²) in [5.41, 5.74) is 0. The first-order chi connectivity index (χ1) is 7.77. The molecule has 2 nitrogen and oxygen atoms in total. The SMILES string of the molecule is CCCCCC[C@H]1CCC[C@@H](C)[C@H](OC)O1. The van der Waals surface area contributed by atoms with Gasteiger partial charge in [-0.3, -0.25) is 0 Å². The average Bonchev–Trinajstić information content (AvgIpc) is 2.47. The van der Waals surface area contributed by atoms with E-state index in [1.165, 1.54) is 51.4 Å². The summed E-state index contributed by atoms with van der Waals surface area (Å²) in [6.45, 7) is 4.48. The predicted molar refractivity (Wildman–Crippen MR) is 67.4 cm³/mol. The molecule has 2 heteroatoms. The number of ether oxygens (including phenoxy) is 2. The minimum Gasteiger partial charge on any atom is -0.356 e. The lowest BCUT2D eigenvalue weighted by Gasteiger charge is -2.23. The molecule has 0 aromatic heterocycles. The van der Waals surface area contributed by atoms with E-state index in [0.29, 0.717) is 12.0 Å². The molecule has 0 aliphatic carbocycles. The van der Waals surface area contributed by atoms with Crippen LogP contribution in [-0.4, -0.2) is 19.5 Å². The standard InChI is InChI=1S/C14H28O2/c1-4-5-6-7-10-13-11-8-9-12(2)14(15-3)16-13/h12-14H,4-11H2,1-3H3/t12-,13+,14-/m1/s1. The first kappa shape index (κ1) is 14.0. The summed E-state index contributed by atoms with van der Waals surface area (Å²) in [6, 6.07) is 0. The summed E-state index contributed by atoms with van der Waals surface area (Å²) in [5.74, 6) is 0.547. The van der Waals surface area contributed by atoms with Crippen LogP contribution in [0.3, 0.4) is 0 Å². The first-order valence-electron chi connectivity index (χ1n) is 6.96. The summed E-state index contributed by atoms with van der Waals surface area (Å²) >= 11 is 0. The van der Waals surface area contributed by atoms with Crippen molar-refractivity contribution in [2.24, 2.45) is 5.92 Å². The Hall–Kier alpha value is -0.0800. The van der Waals surface area contributed by atoms with E-state index in [1.807, 2.05) is 0 Å². The third kappa shape index (κ3) is 4.84. The highest BCUT2D eigenvalue weighted by Crippen LogP contribution is 2.26. The van der Waals surface area contributed by atoms with Crippen molar-refractivity contribution in [3.05, 3.63) is 0 Å². The van der Waals surface area contributed by atoms with Gasteiger partial charge in [-0.25, -0.2) is 0 Å². The van der Waals surface area contributed by atoms with E-state index in [4.69, 9.17) is 9.47 Å². The zero-order chi connectivity index (χ0) is 11.8. The lowest BCUT2D eigenvalue weighted by Crippen LogP contribution is -2.26. The van der Waals surface area contributed by atoms with E-state index in [0.717, 1.165) is 0 Å². The Balaban J connectivity index is 2.24. The van der Waals surface area contributed by atoms with Crippen LogP contribution < -0.4 is 0 Å². The van der Waals surface area contributed by atoms with Crippen molar-refractivity contribution in [3.63, 3.8) is 0 Å². The second-order valence-electron chi connectivity index (χ2n) is 5.12. The van der Waals surface area contributed by atoms with E-state index < -0.39 is 0 Å². The van der Waals surface area contributed by atoms with Crippen LogP contribution in [0.1, 0.15) is 65.2 Å². The average molecular weight is 228 g/mol. The van der Waals surface area contributed by atoms with Gasteiger partial charge in [-0.1, -0.05) is 46.0 Å². The van der Waals surface area contributed by atoms with E-state index in [9.17, 15) is 0 Å². The van der Waals surface area contributed by atoms with Crippen molar-refractivity contribution in [3.8, 4) is 0 Å². The molecule has 1 aliphatic rings. The van der Waals surface area contributed by atoms with Gasteiger partial charge in [0.15, 0.2) is 6.29 Å². The van der Waals surface area contributed by atoms with Crippen LogP contribution >= 0.6 is 0 Å². The Morgan fingerprint density at radius 3 is 2.69 bits per heavy atom. The minimum absolute atomic E-state index is 0.0266. The third-order valence-corrected chi connectivity index (χ3v) is 3.59. The molecule has 0 radical (unpaired) electrons. The summed E-state index contributed by atoms with van der Waals surface area (Å²) in [4.78, 5) is 0. The van der Waals surface area contributed by atoms with Crippen molar-refractivity contribution >= 4 is 0 Å². The summed E-state index contributed by atoms with van der Waals surface area (Å²) in [6.07, 6.45) is 10.8. The fraction of sp³-hybridized carbons (Fsp3) is 1.00. The fourth-order valence-corrected chi connectivity index (χ4v) is 2.49. The van der Waals surface area contributed by atoms with Gasteiger partial charge in [-0.05, 0) is 19.3 Å². The van der Waals surface area contributed by atoms with Gasteiger partial charge >= 0.3 is 0 Å². The molecule has 1 fully saturated rings. The molecule has 0 amide bonds. The maximum atomic E-state index is 6.03. The lowest BCUT2D eigenvalue weighted by molar-refractivity contribution is -0.174. The van der Waals surface area contributed by atoms with Crippen LogP contribution in [-0.2, 0) is 9.47 Å². The Labute approximate surface area is 101 Å². The van der Waals surface area contributed by atoms with Gasteiger partial charge in [0.1, 0.15) is 0 Å². The van der Waals surface area contributed by atoms with Crippen molar-refractivity contribution in [2.75, 3.05) is 7.11 Å². The largest absolute Gasteiger partial charge is 0.356 e. The summed E-state index contributed by atoms with van der Waals surface area (Å²) < 4.78 is 11.4. The molecule has 1 aliphatic heterocycles. The Morgan fingerprint density at radius 2 is 2.00 bits per heavy atom. The van der Waals surface area contributed by atoms with E-state index in [2.05, 4.69) is 13.8 Å². The molecule has 1 rings (SSSR count). The van der Waals surface area contributed by atoms with Gasteiger partial charge < -0.3 is 9.47 Å². The highest BCUT2D eigenvalue weighted by atomic mass is 16.7. The molecule has 16 heavy (non-hydrogen) atoms. The number of hydrogen-bond donors (Lipinski definition) is 0. The molecule has 0 bridgehead atoms. The van der Waals surface area contributed by atoms with Crippen LogP contribution in [0.2, 0.25) is 0 Å². The van der Waals surface area contributed by atoms with E-state index >= 15 is 0 Å². The van der Waals surface area contributed by atoms with Crippen molar-refractivity contribution < 1.29 is 9.47 Å². The minimum atomic E-state index is 0.0266. The number of methoxy groups -OCH3 is 1. The smallest absolute Gasteiger partial charge is 0.160 e. The Kier molecular flexibility index (Phi) is 7.06. The number of hydrogen-bond acceptors (Lipinski definition) is 2. The zero-order valence-corrected chi connectivity index (χ0v) is 11.2. The molecule has 3 atom stereocenters. The van der Waals surface area contributed by atoms with Crippen LogP contribution in [0, 0.1) is 5.92 Å². The van der Waals surface area contributed by atoms with E-state index in [1.54, 1.807) is 7.11 Å². The fourth-order valence-electron chi connectivity index (χ4n) is 2.49. The van der Waals surface area contributed by atoms with Gasteiger partial charge in [-0.2, -0.15) is 0 Å². The maximum absolute atomic E-state index is 6.03. The molecule has 0 unspecified atom stereocenters. The number of rotatable bonds is 6. The van der Waals surface area contributed by atoms with Crippen LogP contribution in [0.4, 0.5) is 0 Å². The van der Waals surface area contributed by atoms with Gasteiger partial charge in [0.05, 0.1) is 6.10 Å². The molecule has 0 aromatic carbocycles. The molecular formula is C14H28O2. The predicted octanol–water partition coefficient (Wildman–Crippen LogP) is 4.13. The highest BCUT2D eigenvalue weighted by Gasteiger charge is 2.25. The lowest BCUT2D eigenvalue weighted by atomic mass is 10.0. The molecular weight excluding hydrogens is 200 g/mol. The topological polar surface area (TPSA) is 18.5 Å². The summed E-state index contributed by atoms with van der Waals surface area (Å²) in [7, 11) is 1.76. The summed E-state index contributed by atoms with van der Waals surface area (Å²) in [5, 5.41) is 0. The molecule has 0 aromatic rings. The van der Waals surface area contributed by atoms with Crippen molar-refractivity contribution in [1.29, 1.82) is 0 Å². The second-order valence-corrected chi connectivity index (χ2v) is 5.12. The molecule has 0 spiro atoms. The maximum Gasteiger partial charge on any atom is 0.160 e. The molecule has 96 valence electrons. The second kappa shape index (κ2) is 8.08. The van der Waals surface area contributed by atoms with Crippen LogP contribution in [0.25, 0.3) is 0 Å². The Morgan fingerprint density at radius 1 is 1.19 bits per heavy atom. The number of unbranched alkanes of at least 4 members (excludes halogenated alkanes) is 3. The highest BCUT2D eigenvalue weighted by molar-refractivity contribution is 4.69. The van der Waals surface area contributed by atoms with Crippen LogP contribution in [0.5, 0.6) is 0 Å². The normalized spacial score (nSPS) is 31.3. The molecule has 0 N–H and O–H groups in total. The van der Waals surface area contributed by atoms with Crippen molar-refractivity contribution in [2.45, 2.75) is 77.6 Å². The van der Waals surface area contributed by atoms with Crippen molar-refractivity contribution in [1.82, 2.24) is 0 Å². The third-order valence-electron chi connectivity index (χ3n) is 3.59. The molecule has 1 heterocycles. The van der Waals surface area contributed by atoms with E-state index in [-0.39, 0.29) is 6.29 Å². The molecule has 1 saturated heterocycles. The quantitative estimate of drug-likeness (QED) is 0.636. The molecule has 0 saturated carbocycles. The Bertz CT molecular complexity index is 170. The van der Waals surface area contributed by atoms with Gasteiger partial charge in [-0.15, -0.1) is 0 Å². The van der Waals surface area contributed by atoms with Gasteiger partial charge in [0.25, 0.3) is 0 Å². The van der Waals surface area contributed by atoms with Crippen LogP contribution in [0.15, 0.2) is 0 Å². The first-order valence-corrected chi connectivity index (χ1v) is 6.96. The monoisotopic (exact) mass is 228 g/mol. The van der Waals surface area contributed by atoms with Gasteiger partial charge in [0, 0.05) is 13.0 Å².